The van der Waals surface area contributed by atoms with Gasteiger partial charge < -0.3 is 5.32 Å². The second-order valence-electron chi connectivity index (χ2n) is 4.55. The second-order valence-corrected chi connectivity index (χ2v) is 4.55. The Kier molecular flexibility index (Phi) is 3.13. The number of rotatable bonds is 3. The molecule has 0 fully saturated rings. The van der Waals surface area contributed by atoms with E-state index in [0.717, 1.165) is 22.8 Å². The number of anilines is 2. The summed E-state index contributed by atoms with van der Waals surface area (Å²) in [6.07, 6.45) is 3.78. The lowest BCUT2D eigenvalue weighted by Gasteiger charge is -2.09. The van der Waals surface area contributed by atoms with Crippen molar-refractivity contribution in [2.24, 2.45) is 7.05 Å². The first-order valence-corrected chi connectivity index (χ1v) is 5.80. The van der Waals surface area contributed by atoms with Gasteiger partial charge in [-0.15, -0.1) is 0 Å². The standard InChI is InChI=1S/C13H18N4/c1-9(2)12-11(8-17(4)16-12)15-13-10(3)6-5-7-14-13/h5-9H,1-4H3,(H,14,15). The molecule has 4 nitrogen and oxygen atoms in total. The molecule has 0 radical (unpaired) electrons. The van der Waals surface area contributed by atoms with Crippen molar-refractivity contribution in [2.45, 2.75) is 26.7 Å². The third-order valence-electron chi connectivity index (χ3n) is 2.67. The topological polar surface area (TPSA) is 42.7 Å². The Morgan fingerprint density at radius 1 is 1.35 bits per heavy atom. The van der Waals surface area contributed by atoms with Crippen molar-refractivity contribution < 1.29 is 0 Å². The van der Waals surface area contributed by atoms with Crippen molar-refractivity contribution >= 4 is 11.5 Å². The van der Waals surface area contributed by atoms with Gasteiger partial charge in [-0.3, -0.25) is 4.68 Å². The maximum atomic E-state index is 4.46. The summed E-state index contributed by atoms with van der Waals surface area (Å²) in [5.74, 6) is 1.28. The number of nitrogens with one attached hydrogen (secondary N) is 1. The molecule has 2 rings (SSSR count). The first kappa shape index (κ1) is 11.6. The first-order valence-electron chi connectivity index (χ1n) is 5.80. The molecule has 0 saturated heterocycles. The molecule has 2 aromatic heterocycles. The van der Waals surface area contributed by atoms with Gasteiger partial charge in [-0.25, -0.2) is 4.98 Å². The lowest BCUT2D eigenvalue weighted by molar-refractivity contribution is 0.713. The molecule has 2 heterocycles. The van der Waals surface area contributed by atoms with Gasteiger partial charge in [0.1, 0.15) is 5.82 Å². The Balaban J connectivity index is 2.33. The summed E-state index contributed by atoms with van der Waals surface area (Å²) < 4.78 is 1.83. The predicted molar refractivity (Wildman–Crippen MR) is 69.6 cm³/mol. The number of hydrogen-bond acceptors (Lipinski definition) is 3. The van der Waals surface area contributed by atoms with Crippen molar-refractivity contribution in [3.05, 3.63) is 35.8 Å². The van der Waals surface area contributed by atoms with E-state index < -0.39 is 0 Å². The van der Waals surface area contributed by atoms with Crippen LogP contribution in [0.4, 0.5) is 11.5 Å². The molecular formula is C13H18N4. The quantitative estimate of drug-likeness (QED) is 0.881. The molecule has 0 atom stereocenters. The van der Waals surface area contributed by atoms with E-state index in [1.807, 2.05) is 37.0 Å². The van der Waals surface area contributed by atoms with Crippen molar-refractivity contribution in [1.29, 1.82) is 0 Å². The molecule has 2 aromatic rings. The fourth-order valence-corrected chi connectivity index (χ4v) is 1.77. The summed E-state index contributed by atoms with van der Waals surface area (Å²) in [4.78, 5) is 4.34. The molecule has 17 heavy (non-hydrogen) atoms. The fourth-order valence-electron chi connectivity index (χ4n) is 1.77. The zero-order chi connectivity index (χ0) is 12.4. The molecule has 0 unspecified atom stereocenters. The summed E-state index contributed by atoms with van der Waals surface area (Å²) >= 11 is 0. The number of aromatic nitrogens is 3. The van der Waals surface area contributed by atoms with Crippen LogP contribution in [0.3, 0.4) is 0 Å². The molecule has 0 spiro atoms. The highest BCUT2D eigenvalue weighted by atomic mass is 15.3. The van der Waals surface area contributed by atoms with E-state index in [9.17, 15) is 0 Å². The van der Waals surface area contributed by atoms with E-state index in [2.05, 4.69) is 29.2 Å². The molecule has 90 valence electrons. The Morgan fingerprint density at radius 3 is 2.76 bits per heavy atom. The molecule has 0 bridgehead atoms. The fraction of sp³-hybridized carbons (Fsp3) is 0.385. The third-order valence-corrected chi connectivity index (χ3v) is 2.67. The minimum Gasteiger partial charge on any atom is -0.337 e. The van der Waals surface area contributed by atoms with E-state index in [-0.39, 0.29) is 0 Å². The first-order chi connectivity index (χ1) is 8.08. The van der Waals surface area contributed by atoms with Crippen LogP contribution in [0, 0.1) is 6.92 Å². The highest BCUT2D eigenvalue weighted by Gasteiger charge is 2.12. The maximum Gasteiger partial charge on any atom is 0.133 e. The van der Waals surface area contributed by atoms with Crippen molar-refractivity contribution in [3.63, 3.8) is 0 Å². The van der Waals surface area contributed by atoms with Crippen LogP contribution in [-0.2, 0) is 7.05 Å². The van der Waals surface area contributed by atoms with Gasteiger partial charge >= 0.3 is 0 Å². The lowest BCUT2D eigenvalue weighted by Crippen LogP contribution is -1.99. The molecule has 0 aliphatic rings. The number of nitrogens with zero attached hydrogens (tertiary/aromatic N) is 3. The Hall–Kier alpha value is -1.84. The van der Waals surface area contributed by atoms with Gasteiger partial charge in [0.2, 0.25) is 0 Å². The Bertz CT molecular complexity index is 514. The number of aryl methyl sites for hydroxylation is 2. The minimum absolute atomic E-state index is 0.391. The number of hydrogen-bond donors (Lipinski definition) is 1. The van der Waals surface area contributed by atoms with Crippen LogP contribution in [0.2, 0.25) is 0 Å². The van der Waals surface area contributed by atoms with Gasteiger partial charge in [-0.2, -0.15) is 5.10 Å². The highest BCUT2D eigenvalue weighted by Crippen LogP contribution is 2.25. The van der Waals surface area contributed by atoms with Crippen molar-refractivity contribution in [3.8, 4) is 0 Å². The third kappa shape index (κ3) is 2.46. The average molecular weight is 230 g/mol. The van der Waals surface area contributed by atoms with Crippen LogP contribution in [0.15, 0.2) is 24.5 Å². The summed E-state index contributed by atoms with van der Waals surface area (Å²) in [7, 11) is 1.93. The summed E-state index contributed by atoms with van der Waals surface area (Å²) in [6.45, 7) is 6.32. The lowest BCUT2D eigenvalue weighted by atomic mass is 10.1. The smallest absolute Gasteiger partial charge is 0.133 e. The van der Waals surface area contributed by atoms with Crippen molar-refractivity contribution in [1.82, 2.24) is 14.8 Å². The van der Waals surface area contributed by atoms with Gasteiger partial charge in [-0.05, 0) is 24.5 Å². The van der Waals surface area contributed by atoms with E-state index in [1.54, 1.807) is 6.20 Å². The van der Waals surface area contributed by atoms with E-state index in [0.29, 0.717) is 5.92 Å². The second kappa shape index (κ2) is 4.57. The van der Waals surface area contributed by atoms with Crippen LogP contribution in [0.5, 0.6) is 0 Å². The van der Waals surface area contributed by atoms with Gasteiger partial charge in [0.05, 0.1) is 11.4 Å². The molecule has 0 aliphatic carbocycles. The van der Waals surface area contributed by atoms with Crippen LogP contribution in [0.1, 0.15) is 31.0 Å². The molecule has 0 aliphatic heterocycles. The summed E-state index contributed by atoms with van der Waals surface area (Å²) in [5.41, 5.74) is 3.23. The number of pyridine rings is 1. The zero-order valence-corrected chi connectivity index (χ0v) is 10.7. The van der Waals surface area contributed by atoms with Crippen LogP contribution >= 0.6 is 0 Å². The zero-order valence-electron chi connectivity index (χ0n) is 10.7. The molecule has 1 N–H and O–H groups in total. The highest BCUT2D eigenvalue weighted by molar-refractivity contribution is 5.61. The molecule has 0 saturated carbocycles. The van der Waals surface area contributed by atoms with E-state index in [4.69, 9.17) is 0 Å². The monoisotopic (exact) mass is 230 g/mol. The molecular weight excluding hydrogens is 212 g/mol. The Labute approximate surface area is 102 Å². The minimum atomic E-state index is 0.391. The molecule has 4 heteroatoms. The predicted octanol–water partition coefficient (Wildman–Crippen LogP) is 2.99. The van der Waals surface area contributed by atoms with Crippen LogP contribution in [-0.4, -0.2) is 14.8 Å². The normalized spacial score (nSPS) is 10.9. The van der Waals surface area contributed by atoms with Gasteiger partial charge in [0.15, 0.2) is 0 Å². The van der Waals surface area contributed by atoms with E-state index in [1.165, 1.54) is 0 Å². The largest absolute Gasteiger partial charge is 0.337 e. The SMILES string of the molecule is Cc1cccnc1Nc1cn(C)nc1C(C)C. The van der Waals surface area contributed by atoms with Gasteiger partial charge in [0.25, 0.3) is 0 Å². The Morgan fingerprint density at radius 2 is 2.12 bits per heavy atom. The molecule has 0 aromatic carbocycles. The summed E-state index contributed by atoms with van der Waals surface area (Å²) in [5, 5.41) is 7.81. The van der Waals surface area contributed by atoms with Crippen molar-refractivity contribution in [2.75, 3.05) is 5.32 Å². The van der Waals surface area contributed by atoms with Crippen LogP contribution < -0.4 is 5.32 Å². The molecule has 0 amide bonds. The van der Waals surface area contributed by atoms with E-state index >= 15 is 0 Å². The summed E-state index contributed by atoms with van der Waals surface area (Å²) in [6, 6.07) is 3.98. The van der Waals surface area contributed by atoms with Crippen LogP contribution in [0.25, 0.3) is 0 Å². The average Bonchev–Trinajstić information content (AvgIpc) is 2.63. The van der Waals surface area contributed by atoms with Gasteiger partial charge in [0, 0.05) is 19.4 Å². The van der Waals surface area contributed by atoms with Gasteiger partial charge in [-0.1, -0.05) is 19.9 Å². The maximum absolute atomic E-state index is 4.46.